The minimum absolute atomic E-state index is 0.00793. The first-order chi connectivity index (χ1) is 14.5. The van der Waals surface area contributed by atoms with Crippen molar-refractivity contribution >= 4 is 11.9 Å². The fourth-order valence-corrected chi connectivity index (χ4v) is 10.1. The van der Waals surface area contributed by atoms with Crippen LogP contribution in [-0.2, 0) is 19.1 Å². The molecule has 8 rings (SSSR count). The second kappa shape index (κ2) is 6.13. The van der Waals surface area contributed by atoms with Crippen LogP contribution in [0, 0.1) is 65.1 Å². The summed E-state index contributed by atoms with van der Waals surface area (Å²) in [6, 6.07) is 0. The third-order valence-electron chi connectivity index (χ3n) is 11.0. The first-order valence-corrected chi connectivity index (χ1v) is 12.6. The molecule has 8 aliphatic carbocycles. The van der Waals surface area contributed by atoms with Crippen molar-refractivity contribution in [2.75, 3.05) is 6.61 Å². The van der Waals surface area contributed by atoms with Crippen LogP contribution in [0.3, 0.4) is 0 Å². The van der Waals surface area contributed by atoms with Gasteiger partial charge in [-0.2, -0.15) is 0 Å². The van der Waals surface area contributed by atoms with Crippen molar-refractivity contribution < 1.29 is 19.1 Å². The monoisotopic (exact) mass is 410 g/mol. The first kappa shape index (κ1) is 18.3. The van der Waals surface area contributed by atoms with E-state index >= 15 is 0 Å². The SMILES string of the molecule is CC1(OC(=O)COC(=O)C2CC3CC2C2C4C=CC(C4)C32)C2CC3CC(C2)CC1C3. The molecule has 0 aliphatic heterocycles. The summed E-state index contributed by atoms with van der Waals surface area (Å²) in [6.07, 6.45) is 14.5. The average Bonchev–Trinajstić information content (AvgIpc) is 3.49. The van der Waals surface area contributed by atoms with Gasteiger partial charge in [0.05, 0.1) is 5.92 Å². The highest BCUT2D eigenvalue weighted by molar-refractivity contribution is 5.78. The van der Waals surface area contributed by atoms with E-state index < -0.39 is 0 Å². The fourth-order valence-electron chi connectivity index (χ4n) is 10.1. The Bertz CT molecular complexity index is 786. The number of carbonyl (C=O) groups is 2. The van der Waals surface area contributed by atoms with Crippen LogP contribution in [0.1, 0.15) is 58.3 Å². The highest BCUT2D eigenvalue weighted by Crippen LogP contribution is 2.67. The van der Waals surface area contributed by atoms with Crippen LogP contribution in [0.5, 0.6) is 0 Å². The van der Waals surface area contributed by atoms with E-state index in [1.165, 1.54) is 44.9 Å². The maximum absolute atomic E-state index is 12.9. The number of hydrogen-bond acceptors (Lipinski definition) is 4. The van der Waals surface area contributed by atoms with Gasteiger partial charge in [0.2, 0.25) is 0 Å². The lowest BCUT2D eigenvalue weighted by atomic mass is 9.50. The zero-order valence-electron chi connectivity index (χ0n) is 18.0. The molecule has 0 radical (unpaired) electrons. The van der Waals surface area contributed by atoms with Crippen molar-refractivity contribution in [2.45, 2.75) is 63.9 Å². The van der Waals surface area contributed by atoms with E-state index in [0.717, 1.165) is 30.1 Å². The van der Waals surface area contributed by atoms with Gasteiger partial charge in [-0.15, -0.1) is 0 Å². The molecule has 0 aromatic rings. The first-order valence-electron chi connectivity index (χ1n) is 12.6. The second-order valence-corrected chi connectivity index (χ2v) is 12.2. The van der Waals surface area contributed by atoms with E-state index in [1.54, 1.807) is 0 Å². The van der Waals surface area contributed by atoms with Gasteiger partial charge in [-0.3, -0.25) is 4.79 Å². The van der Waals surface area contributed by atoms with Crippen LogP contribution < -0.4 is 0 Å². The van der Waals surface area contributed by atoms with Gasteiger partial charge in [0.15, 0.2) is 6.61 Å². The molecule has 0 saturated heterocycles. The second-order valence-electron chi connectivity index (χ2n) is 12.2. The summed E-state index contributed by atoms with van der Waals surface area (Å²) < 4.78 is 11.7. The zero-order valence-corrected chi connectivity index (χ0v) is 18.0. The number of fused-ring (bicyclic) bond motifs is 9. The lowest BCUT2D eigenvalue weighted by Gasteiger charge is -2.59. The minimum Gasteiger partial charge on any atom is -0.456 e. The van der Waals surface area contributed by atoms with Gasteiger partial charge < -0.3 is 9.47 Å². The molecule has 0 aromatic heterocycles. The predicted molar refractivity (Wildman–Crippen MR) is 110 cm³/mol. The van der Waals surface area contributed by atoms with Crippen LogP contribution in [0.15, 0.2) is 12.2 Å². The molecule has 0 spiro atoms. The van der Waals surface area contributed by atoms with E-state index in [-0.39, 0.29) is 30.1 Å². The third kappa shape index (κ3) is 2.40. The lowest BCUT2D eigenvalue weighted by Crippen LogP contribution is -2.58. The Kier molecular flexibility index (Phi) is 3.74. The number of rotatable bonds is 4. The van der Waals surface area contributed by atoms with Gasteiger partial charge in [-0.05, 0) is 117 Å². The van der Waals surface area contributed by atoms with Crippen molar-refractivity contribution in [3.05, 3.63) is 12.2 Å². The van der Waals surface area contributed by atoms with Gasteiger partial charge in [0.25, 0.3) is 0 Å². The van der Waals surface area contributed by atoms with Gasteiger partial charge >= 0.3 is 11.9 Å². The van der Waals surface area contributed by atoms with Crippen molar-refractivity contribution in [1.82, 2.24) is 0 Å². The highest BCUT2D eigenvalue weighted by Gasteiger charge is 2.62. The number of allylic oxidation sites excluding steroid dienone is 2. The van der Waals surface area contributed by atoms with E-state index in [4.69, 9.17) is 9.47 Å². The summed E-state index contributed by atoms with van der Waals surface area (Å²) >= 11 is 0. The van der Waals surface area contributed by atoms with Crippen LogP contribution in [-0.4, -0.2) is 24.1 Å². The molecule has 0 aromatic carbocycles. The molecular weight excluding hydrogens is 376 g/mol. The Morgan fingerprint density at radius 2 is 1.53 bits per heavy atom. The molecule has 8 aliphatic rings. The lowest BCUT2D eigenvalue weighted by molar-refractivity contribution is -0.207. The average molecular weight is 411 g/mol. The molecule has 0 amide bonds. The largest absolute Gasteiger partial charge is 0.456 e. The molecule has 0 N–H and O–H groups in total. The number of carbonyl (C=O) groups excluding carboxylic acids is 2. The van der Waals surface area contributed by atoms with Gasteiger partial charge in [0.1, 0.15) is 5.60 Å². The van der Waals surface area contributed by atoms with E-state index in [1.807, 2.05) is 0 Å². The fraction of sp³-hybridized carbons (Fsp3) is 0.846. The molecule has 7 unspecified atom stereocenters. The van der Waals surface area contributed by atoms with Crippen molar-refractivity contribution in [1.29, 1.82) is 0 Å². The van der Waals surface area contributed by atoms with E-state index in [0.29, 0.717) is 35.5 Å². The van der Waals surface area contributed by atoms with Gasteiger partial charge in [-0.1, -0.05) is 12.2 Å². The molecule has 8 bridgehead atoms. The Labute approximate surface area is 179 Å². The molecule has 30 heavy (non-hydrogen) atoms. The number of esters is 2. The minimum atomic E-state index is -0.341. The maximum atomic E-state index is 12.9. The molecule has 7 atom stereocenters. The van der Waals surface area contributed by atoms with Crippen LogP contribution in [0.2, 0.25) is 0 Å². The zero-order chi connectivity index (χ0) is 20.2. The molecule has 162 valence electrons. The van der Waals surface area contributed by atoms with Gasteiger partial charge in [-0.25, -0.2) is 4.79 Å². The summed E-state index contributed by atoms with van der Waals surface area (Å²) in [4.78, 5) is 25.6. The number of hydrogen-bond donors (Lipinski definition) is 0. The number of ether oxygens (including phenoxy) is 2. The molecular formula is C26H34O4. The van der Waals surface area contributed by atoms with Gasteiger partial charge in [0, 0.05) is 0 Å². The molecule has 7 saturated carbocycles. The van der Waals surface area contributed by atoms with Crippen LogP contribution in [0.25, 0.3) is 0 Å². The standard InChI is InChI=1S/C26H34O4/c1-26(18-5-13-4-14(7-18)8-19(26)6-13)30-22(27)12-29-25(28)21-11-17-10-20(21)24-16-3-2-15(9-16)23(17)24/h2-3,13-21,23-24H,4-12H2,1H3. The molecule has 0 heterocycles. The molecule has 7 fully saturated rings. The quantitative estimate of drug-likeness (QED) is 0.392. The summed E-state index contributed by atoms with van der Waals surface area (Å²) in [5.41, 5.74) is -0.341. The molecule has 4 nitrogen and oxygen atoms in total. The Balaban J connectivity index is 0.972. The third-order valence-corrected chi connectivity index (χ3v) is 11.0. The Morgan fingerprint density at radius 3 is 2.23 bits per heavy atom. The van der Waals surface area contributed by atoms with Crippen molar-refractivity contribution in [3.8, 4) is 0 Å². The summed E-state index contributed by atoms with van der Waals surface area (Å²) in [6.45, 7) is 1.95. The van der Waals surface area contributed by atoms with Crippen LogP contribution >= 0.6 is 0 Å². The summed E-state index contributed by atoms with van der Waals surface area (Å²) in [5, 5.41) is 0. The van der Waals surface area contributed by atoms with E-state index in [9.17, 15) is 9.59 Å². The van der Waals surface area contributed by atoms with Crippen LogP contribution in [0.4, 0.5) is 0 Å². The van der Waals surface area contributed by atoms with Crippen molar-refractivity contribution in [2.24, 2.45) is 65.1 Å². The summed E-state index contributed by atoms with van der Waals surface area (Å²) in [5.74, 6) is 6.36. The smallest absolute Gasteiger partial charge is 0.344 e. The topological polar surface area (TPSA) is 52.6 Å². The van der Waals surface area contributed by atoms with E-state index in [2.05, 4.69) is 19.1 Å². The summed E-state index contributed by atoms with van der Waals surface area (Å²) in [7, 11) is 0. The molecule has 4 heteroatoms. The Hall–Kier alpha value is -1.32. The van der Waals surface area contributed by atoms with Crippen molar-refractivity contribution in [3.63, 3.8) is 0 Å². The normalized spacial score (nSPS) is 55.8. The Morgan fingerprint density at radius 1 is 0.867 bits per heavy atom. The highest BCUT2D eigenvalue weighted by atomic mass is 16.6. The maximum Gasteiger partial charge on any atom is 0.344 e. The predicted octanol–water partition coefficient (Wildman–Crippen LogP) is 4.38.